The van der Waals surface area contributed by atoms with Crippen LogP contribution in [0.5, 0.6) is 0 Å². The summed E-state index contributed by atoms with van der Waals surface area (Å²) in [4.78, 5) is 59.3. The summed E-state index contributed by atoms with van der Waals surface area (Å²) in [5, 5.41) is 4.64. The van der Waals surface area contributed by atoms with E-state index in [1.54, 1.807) is 0 Å². The number of carbonyl (C=O) groups excluding carboxylic acids is 5. The molecule has 2 aromatic carbocycles. The molecule has 10 nitrogen and oxygen atoms in total. The minimum absolute atomic E-state index is 0.0222. The lowest BCUT2D eigenvalue weighted by Crippen LogP contribution is -2.28. The summed E-state index contributed by atoms with van der Waals surface area (Å²) in [5.74, 6) is -5.87. The quantitative estimate of drug-likeness (QED) is 0.412. The maximum Gasteiger partial charge on any atom is 0.337 e. The number of anilines is 1. The van der Waals surface area contributed by atoms with Crippen molar-refractivity contribution < 1.29 is 47.0 Å². The molecule has 0 fully saturated rings. The Balaban J connectivity index is 1.86. The second-order valence-electron chi connectivity index (χ2n) is 6.62. The molecule has 34 heavy (non-hydrogen) atoms. The Bertz CT molecular complexity index is 1090. The number of halogens is 2. The highest BCUT2D eigenvalue weighted by molar-refractivity contribution is 6.00. The molecule has 0 bridgehead atoms. The van der Waals surface area contributed by atoms with Crippen molar-refractivity contribution in [3.63, 3.8) is 0 Å². The van der Waals surface area contributed by atoms with Gasteiger partial charge in [0.15, 0.2) is 6.61 Å². The van der Waals surface area contributed by atoms with E-state index >= 15 is 0 Å². The third-order valence-corrected chi connectivity index (χ3v) is 4.21. The molecule has 2 rings (SSSR count). The minimum Gasteiger partial charge on any atom is -0.465 e. The lowest BCUT2D eigenvalue weighted by atomic mass is 10.1. The van der Waals surface area contributed by atoms with Crippen LogP contribution in [0.4, 0.5) is 14.5 Å². The van der Waals surface area contributed by atoms with Crippen LogP contribution < -0.4 is 10.6 Å². The first-order valence-corrected chi connectivity index (χ1v) is 9.65. The highest BCUT2D eigenvalue weighted by Gasteiger charge is 2.16. The molecule has 2 aromatic rings. The second kappa shape index (κ2) is 12.0. The summed E-state index contributed by atoms with van der Waals surface area (Å²) in [5.41, 5.74) is -0.385. The largest absolute Gasteiger partial charge is 0.465 e. The van der Waals surface area contributed by atoms with Gasteiger partial charge in [0.2, 0.25) is 0 Å². The Morgan fingerprint density at radius 2 is 1.50 bits per heavy atom. The lowest BCUT2D eigenvalue weighted by Gasteiger charge is -2.10. The van der Waals surface area contributed by atoms with Crippen LogP contribution in [0.3, 0.4) is 0 Å². The number of ether oxygens (including phenoxy) is 3. The average molecular weight is 478 g/mol. The molecule has 0 unspecified atom stereocenters. The maximum atomic E-state index is 13.6. The topological polar surface area (TPSA) is 137 Å². The highest BCUT2D eigenvalue weighted by Crippen LogP contribution is 2.17. The Morgan fingerprint density at radius 3 is 2.06 bits per heavy atom. The molecule has 0 saturated heterocycles. The van der Waals surface area contributed by atoms with Crippen LogP contribution in [0.15, 0.2) is 36.4 Å². The van der Waals surface area contributed by atoms with Crippen molar-refractivity contribution in [3.8, 4) is 0 Å². The Morgan fingerprint density at radius 1 is 0.882 bits per heavy atom. The Hall–Kier alpha value is -4.35. The molecular weight excluding hydrogens is 458 g/mol. The maximum absolute atomic E-state index is 13.6. The van der Waals surface area contributed by atoms with Crippen LogP contribution in [-0.2, 0) is 23.8 Å². The zero-order valence-corrected chi connectivity index (χ0v) is 18.1. The predicted molar refractivity (Wildman–Crippen MR) is 112 cm³/mol. The number of rotatable bonds is 9. The number of amides is 2. The van der Waals surface area contributed by atoms with Crippen molar-refractivity contribution in [2.75, 3.05) is 32.7 Å². The monoisotopic (exact) mass is 478 g/mol. The molecule has 0 spiro atoms. The fourth-order valence-electron chi connectivity index (χ4n) is 2.63. The van der Waals surface area contributed by atoms with E-state index in [-0.39, 0.29) is 29.8 Å². The van der Waals surface area contributed by atoms with Gasteiger partial charge in [-0.2, -0.15) is 0 Å². The van der Waals surface area contributed by atoms with Gasteiger partial charge in [-0.05, 0) is 30.3 Å². The fraction of sp³-hybridized carbons (Fsp3) is 0.227. The van der Waals surface area contributed by atoms with Crippen molar-refractivity contribution in [2.45, 2.75) is 6.42 Å². The van der Waals surface area contributed by atoms with Gasteiger partial charge >= 0.3 is 17.9 Å². The number of nitrogens with one attached hydrogen (secondary N) is 2. The van der Waals surface area contributed by atoms with Gasteiger partial charge in [-0.25, -0.2) is 18.4 Å². The fourth-order valence-corrected chi connectivity index (χ4v) is 2.63. The highest BCUT2D eigenvalue weighted by atomic mass is 19.1. The molecule has 0 atom stereocenters. The van der Waals surface area contributed by atoms with Gasteiger partial charge in [0, 0.05) is 18.3 Å². The van der Waals surface area contributed by atoms with Gasteiger partial charge in [-0.15, -0.1) is 0 Å². The van der Waals surface area contributed by atoms with Crippen LogP contribution >= 0.6 is 0 Å². The first-order valence-electron chi connectivity index (χ1n) is 9.65. The molecule has 0 heterocycles. The summed E-state index contributed by atoms with van der Waals surface area (Å²) < 4.78 is 40.4. The standard InChI is InChI=1S/C22H20F2N2O8/c1-32-21(30)12-7-13(22(31)33-2)9-15(8-12)26-18(27)11-34-19(28)5-6-25-20(29)16-4-3-14(23)10-17(16)24/h3-4,7-10H,5-6,11H2,1-2H3,(H,25,29)(H,26,27). The summed E-state index contributed by atoms with van der Waals surface area (Å²) in [6, 6.07) is 6.16. The number of esters is 3. The molecule has 0 aromatic heterocycles. The average Bonchev–Trinajstić information content (AvgIpc) is 2.81. The Kier molecular flexibility index (Phi) is 9.18. The SMILES string of the molecule is COC(=O)c1cc(NC(=O)COC(=O)CCNC(=O)c2ccc(F)cc2F)cc(C(=O)OC)c1. The normalized spacial score (nSPS) is 10.1. The van der Waals surface area contributed by atoms with Gasteiger partial charge in [-0.1, -0.05) is 0 Å². The van der Waals surface area contributed by atoms with Crippen LogP contribution in [0.25, 0.3) is 0 Å². The van der Waals surface area contributed by atoms with E-state index in [9.17, 15) is 32.8 Å². The third kappa shape index (κ3) is 7.36. The van der Waals surface area contributed by atoms with Gasteiger partial charge in [0.1, 0.15) is 11.6 Å². The van der Waals surface area contributed by atoms with Crippen LogP contribution in [0.1, 0.15) is 37.5 Å². The zero-order chi connectivity index (χ0) is 25.3. The van der Waals surface area contributed by atoms with Crippen molar-refractivity contribution >= 4 is 35.4 Å². The van der Waals surface area contributed by atoms with Crippen LogP contribution in [0, 0.1) is 11.6 Å². The summed E-state index contributed by atoms with van der Waals surface area (Å²) in [6.45, 7) is -0.921. The molecule has 2 N–H and O–H groups in total. The molecule has 0 radical (unpaired) electrons. The molecule has 2 amide bonds. The number of carbonyl (C=O) groups is 5. The zero-order valence-electron chi connectivity index (χ0n) is 18.1. The second-order valence-corrected chi connectivity index (χ2v) is 6.62. The van der Waals surface area contributed by atoms with Crippen LogP contribution in [-0.4, -0.2) is 57.1 Å². The summed E-state index contributed by atoms with van der Waals surface area (Å²) in [6.07, 6.45) is -0.327. The van der Waals surface area contributed by atoms with E-state index in [2.05, 4.69) is 20.1 Å². The summed E-state index contributed by atoms with van der Waals surface area (Å²) in [7, 11) is 2.28. The van der Waals surface area contributed by atoms with Crippen molar-refractivity contribution in [1.29, 1.82) is 0 Å². The van der Waals surface area contributed by atoms with E-state index in [1.165, 1.54) is 18.2 Å². The molecule has 0 aliphatic carbocycles. The van der Waals surface area contributed by atoms with E-state index in [1.807, 2.05) is 0 Å². The lowest BCUT2D eigenvalue weighted by molar-refractivity contribution is -0.147. The molecule has 180 valence electrons. The van der Waals surface area contributed by atoms with Gasteiger partial charge in [0.25, 0.3) is 11.8 Å². The smallest absolute Gasteiger partial charge is 0.337 e. The van der Waals surface area contributed by atoms with Gasteiger partial charge in [-0.3, -0.25) is 14.4 Å². The molecule has 0 aliphatic heterocycles. The molecule has 0 saturated carbocycles. The molecule has 12 heteroatoms. The first-order chi connectivity index (χ1) is 16.1. The van der Waals surface area contributed by atoms with E-state index < -0.39 is 53.5 Å². The van der Waals surface area contributed by atoms with Gasteiger partial charge in [0.05, 0.1) is 37.3 Å². The number of hydrogen-bond acceptors (Lipinski definition) is 8. The third-order valence-electron chi connectivity index (χ3n) is 4.21. The van der Waals surface area contributed by atoms with Crippen molar-refractivity contribution in [2.24, 2.45) is 0 Å². The molecular formula is C22H20F2N2O8. The minimum atomic E-state index is -1.05. The predicted octanol–water partition coefficient (Wildman–Crippen LogP) is 1.84. The van der Waals surface area contributed by atoms with Gasteiger partial charge < -0.3 is 24.8 Å². The first kappa shape index (κ1) is 25.9. The van der Waals surface area contributed by atoms with E-state index in [0.717, 1.165) is 26.4 Å². The van der Waals surface area contributed by atoms with Crippen molar-refractivity contribution in [3.05, 3.63) is 64.7 Å². The Labute approximate surface area is 192 Å². The number of methoxy groups -OCH3 is 2. The van der Waals surface area contributed by atoms with Crippen molar-refractivity contribution in [1.82, 2.24) is 5.32 Å². The number of hydrogen-bond donors (Lipinski definition) is 2. The van der Waals surface area contributed by atoms with Crippen LogP contribution in [0.2, 0.25) is 0 Å². The number of benzene rings is 2. The van der Waals surface area contributed by atoms with E-state index in [4.69, 9.17) is 4.74 Å². The molecule has 0 aliphatic rings. The van der Waals surface area contributed by atoms with E-state index in [0.29, 0.717) is 6.07 Å². The summed E-state index contributed by atoms with van der Waals surface area (Å²) >= 11 is 0.